The summed E-state index contributed by atoms with van der Waals surface area (Å²) in [4.78, 5) is 17.9. The first kappa shape index (κ1) is 11.0. The summed E-state index contributed by atoms with van der Waals surface area (Å²) in [6.45, 7) is 2.73. The molecular formula is C12H15N5O. The molecule has 0 bridgehead atoms. The highest BCUT2D eigenvalue weighted by Gasteiger charge is 2.29. The van der Waals surface area contributed by atoms with Crippen molar-refractivity contribution in [2.24, 2.45) is 0 Å². The van der Waals surface area contributed by atoms with E-state index in [-0.39, 0.29) is 11.9 Å². The van der Waals surface area contributed by atoms with E-state index in [0.717, 1.165) is 24.2 Å². The predicted octanol–water partition coefficient (Wildman–Crippen LogP) is 0.680. The van der Waals surface area contributed by atoms with Crippen LogP contribution in [0.4, 0.5) is 5.82 Å². The Balaban J connectivity index is 1.93. The lowest BCUT2D eigenvalue weighted by Crippen LogP contribution is -2.31. The lowest BCUT2D eigenvalue weighted by atomic mass is 10.2. The lowest BCUT2D eigenvalue weighted by Gasteiger charge is -2.13. The molecule has 0 saturated carbocycles. The normalized spacial score (nSPS) is 19.8. The Morgan fingerprint density at radius 3 is 3.06 bits per heavy atom. The van der Waals surface area contributed by atoms with Crippen molar-refractivity contribution >= 4 is 17.2 Å². The SMILES string of the molecule is Cc1cc2c(NC3CCN(C)C3=O)nccn2n1. The molecule has 0 aromatic carbocycles. The standard InChI is InChI=1S/C12H15N5O/c1-8-7-10-11(13-4-6-17(10)15-8)14-9-3-5-16(2)12(9)18/h4,6-7,9H,3,5H2,1-2H3,(H,13,14). The van der Waals surface area contributed by atoms with E-state index in [2.05, 4.69) is 15.4 Å². The van der Waals surface area contributed by atoms with Crippen molar-refractivity contribution < 1.29 is 4.79 Å². The molecule has 6 heteroatoms. The van der Waals surface area contributed by atoms with Gasteiger partial charge in [0.25, 0.3) is 0 Å². The van der Waals surface area contributed by atoms with E-state index in [0.29, 0.717) is 5.82 Å². The summed E-state index contributed by atoms with van der Waals surface area (Å²) in [5, 5.41) is 7.54. The molecule has 3 heterocycles. The predicted molar refractivity (Wildman–Crippen MR) is 67.4 cm³/mol. The maximum absolute atomic E-state index is 11.9. The van der Waals surface area contributed by atoms with Crippen LogP contribution in [0.2, 0.25) is 0 Å². The zero-order valence-corrected chi connectivity index (χ0v) is 10.4. The number of carbonyl (C=O) groups is 1. The number of hydrogen-bond acceptors (Lipinski definition) is 4. The van der Waals surface area contributed by atoms with Crippen LogP contribution in [-0.2, 0) is 4.79 Å². The highest BCUT2D eigenvalue weighted by atomic mass is 16.2. The molecule has 1 aliphatic heterocycles. The summed E-state index contributed by atoms with van der Waals surface area (Å²) >= 11 is 0. The van der Waals surface area contributed by atoms with E-state index in [1.54, 1.807) is 21.8 Å². The fourth-order valence-electron chi connectivity index (χ4n) is 2.28. The largest absolute Gasteiger partial charge is 0.357 e. The van der Waals surface area contributed by atoms with Gasteiger partial charge in [-0.1, -0.05) is 0 Å². The number of nitrogens with one attached hydrogen (secondary N) is 1. The highest BCUT2D eigenvalue weighted by Crippen LogP contribution is 2.19. The van der Waals surface area contributed by atoms with Crippen LogP contribution in [-0.4, -0.2) is 45.0 Å². The summed E-state index contributed by atoms with van der Waals surface area (Å²) in [5.41, 5.74) is 1.83. The number of carbonyl (C=O) groups excluding carboxylic acids is 1. The molecule has 2 aromatic heterocycles. The Kier molecular flexibility index (Phi) is 2.43. The first-order valence-electron chi connectivity index (χ1n) is 5.97. The van der Waals surface area contributed by atoms with Crippen LogP contribution in [0.3, 0.4) is 0 Å². The summed E-state index contributed by atoms with van der Waals surface area (Å²) in [6, 6.07) is 1.78. The molecule has 2 aromatic rings. The Bertz CT molecular complexity index is 606. The van der Waals surface area contributed by atoms with Crippen LogP contribution in [0.15, 0.2) is 18.5 Å². The van der Waals surface area contributed by atoms with Gasteiger partial charge in [0, 0.05) is 26.0 Å². The molecule has 1 N–H and O–H groups in total. The molecule has 1 unspecified atom stereocenters. The highest BCUT2D eigenvalue weighted by molar-refractivity contribution is 5.87. The van der Waals surface area contributed by atoms with Gasteiger partial charge in [0.1, 0.15) is 11.6 Å². The zero-order valence-electron chi connectivity index (χ0n) is 10.4. The van der Waals surface area contributed by atoms with Crippen LogP contribution >= 0.6 is 0 Å². The Hall–Kier alpha value is -2.11. The summed E-state index contributed by atoms with van der Waals surface area (Å²) in [6.07, 6.45) is 4.30. The molecule has 6 nitrogen and oxygen atoms in total. The molecule has 1 fully saturated rings. The molecule has 1 amide bonds. The van der Waals surface area contributed by atoms with Gasteiger partial charge < -0.3 is 10.2 Å². The van der Waals surface area contributed by atoms with Crippen LogP contribution in [0.25, 0.3) is 5.52 Å². The van der Waals surface area contributed by atoms with Crippen LogP contribution in [0.5, 0.6) is 0 Å². The third-order valence-electron chi connectivity index (χ3n) is 3.25. The first-order valence-corrected chi connectivity index (χ1v) is 5.97. The number of anilines is 1. The molecule has 0 spiro atoms. The van der Waals surface area contributed by atoms with E-state index in [1.165, 1.54) is 0 Å². The Morgan fingerprint density at radius 2 is 2.33 bits per heavy atom. The number of likely N-dealkylation sites (N-methyl/N-ethyl adjacent to an activating group) is 1. The van der Waals surface area contributed by atoms with Gasteiger partial charge in [-0.2, -0.15) is 5.10 Å². The maximum atomic E-state index is 11.9. The van der Waals surface area contributed by atoms with Crippen molar-refractivity contribution in [2.75, 3.05) is 18.9 Å². The second-order valence-electron chi connectivity index (χ2n) is 4.64. The van der Waals surface area contributed by atoms with Gasteiger partial charge in [-0.05, 0) is 19.4 Å². The molecule has 1 atom stereocenters. The summed E-state index contributed by atoms with van der Waals surface area (Å²) < 4.78 is 1.77. The van der Waals surface area contributed by atoms with Gasteiger partial charge >= 0.3 is 0 Å². The van der Waals surface area contributed by atoms with Crippen LogP contribution < -0.4 is 5.32 Å². The summed E-state index contributed by atoms with van der Waals surface area (Å²) in [7, 11) is 1.82. The second kappa shape index (κ2) is 3.97. The minimum Gasteiger partial charge on any atom is -0.357 e. The van der Waals surface area contributed by atoms with Crippen LogP contribution in [0, 0.1) is 6.92 Å². The number of hydrogen-bond donors (Lipinski definition) is 1. The van der Waals surface area contributed by atoms with Crippen molar-refractivity contribution in [2.45, 2.75) is 19.4 Å². The number of fused-ring (bicyclic) bond motifs is 1. The molecule has 18 heavy (non-hydrogen) atoms. The number of likely N-dealkylation sites (tertiary alicyclic amines) is 1. The van der Waals surface area contributed by atoms with E-state index in [4.69, 9.17) is 0 Å². The van der Waals surface area contributed by atoms with Crippen molar-refractivity contribution in [1.29, 1.82) is 0 Å². The Labute approximate surface area is 105 Å². The molecule has 94 valence electrons. The topological polar surface area (TPSA) is 62.5 Å². The molecule has 3 rings (SSSR count). The van der Waals surface area contributed by atoms with Gasteiger partial charge in [-0.15, -0.1) is 0 Å². The smallest absolute Gasteiger partial charge is 0.244 e. The van der Waals surface area contributed by atoms with Gasteiger partial charge in [0.2, 0.25) is 5.91 Å². The minimum atomic E-state index is -0.177. The number of aromatic nitrogens is 3. The van der Waals surface area contributed by atoms with Gasteiger partial charge in [-0.25, -0.2) is 9.50 Å². The average Bonchev–Trinajstić information content (AvgIpc) is 2.86. The second-order valence-corrected chi connectivity index (χ2v) is 4.64. The minimum absolute atomic E-state index is 0.120. The third-order valence-corrected chi connectivity index (χ3v) is 3.25. The number of rotatable bonds is 2. The third kappa shape index (κ3) is 1.70. The first-order chi connectivity index (χ1) is 8.65. The molecule has 1 saturated heterocycles. The molecular weight excluding hydrogens is 230 g/mol. The van der Waals surface area contributed by atoms with E-state index in [9.17, 15) is 4.79 Å². The van der Waals surface area contributed by atoms with E-state index in [1.807, 2.05) is 20.0 Å². The number of nitrogens with zero attached hydrogens (tertiary/aromatic N) is 4. The van der Waals surface area contributed by atoms with Gasteiger partial charge in [0.15, 0.2) is 5.82 Å². The monoisotopic (exact) mass is 245 g/mol. The lowest BCUT2D eigenvalue weighted by molar-refractivity contribution is -0.127. The fourth-order valence-corrected chi connectivity index (χ4v) is 2.28. The zero-order chi connectivity index (χ0) is 12.7. The maximum Gasteiger partial charge on any atom is 0.244 e. The van der Waals surface area contributed by atoms with Crippen molar-refractivity contribution in [3.63, 3.8) is 0 Å². The molecule has 1 aliphatic rings. The average molecular weight is 245 g/mol. The van der Waals surface area contributed by atoms with Crippen molar-refractivity contribution in [3.05, 3.63) is 24.2 Å². The van der Waals surface area contributed by atoms with E-state index >= 15 is 0 Å². The van der Waals surface area contributed by atoms with Gasteiger partial charge in [-0.3, -0.25) is 4.79 Å². The van der Waals surface area contributed by atoms with Crippen molar-refractivity contribution in [3.8, 4) is 0 Å². The quantitative estimate of drug-likeness (QED) is 0.845. The molecule has 0 aliphatic carbocycles. The fraction of sp³-hybridized carbons (Fsp3) is 0.417. The van der Waals surface area contributed by atoms with E-state index < -0.39 is 0 Å². The molecule has 0 radical (unpaired) electrons. The van der Waals surface area contributed by atoms with Gasteiger partial charge in [0.05, 0.1) is 5.69 Å². The number of aryl methyl sites for hydroxylation is 1. The van der Waals surface area contributed by atoms with Crippen LogP contribution in [0.1, 0.15) is 12.1 Å². The Morgan fingerprint density at radius 1 is 1.50 bits per heavy atom. The number of amides is 1. The van der Waals surface area contributed by atoms with Crippen molar-refractivity contribution in [1.82, 2.24) is 19.5 Å². The summed E-state index contributed by atoms with van der Waals surface area (Å²) in [5.74, 6) is 0.835.